The van der Waals surface area contributed by atoms with Crippen molar-refractivity contribution in [2.75, 3.05) is 26.4 Å². The molecule has 0 unspecified atom stereocenters. The Morgan fingerprint density at radius 3 is 1.63 bits per heavy atom. The third kappa shape index (κ3) is 9.24. The van der Waals surface area contributed by atoms with Gasteiger partial charge in [0, 0.05) is 12.5 Å². The van der Waals surface area contributed by atoms with Crippen LogP contribution in [0, 0.1) is 51.2 Å². The van der Waals surface area contributed by atoms with E-state index >= 15 is 0 Å². The van der Waals surface area contributed by atoms with Gasteiger partial charge in [0.1, 0.15) is 73.2 Å². The molecule has 19 nitrogen and oxygen atoms in total. The molecule has 13 N–H and O–H groups in total. The minimum absolute atomic E-state index is 0.0215. The van der Waals surface area contributed by atoms with Gasteiger partial charge in [-0.25, -0.2) is 0 Å². The summed E-state index contributed by atoms with van der Waals surface area (Å²) < 4.78 is 37.0. The van der Waals surface area contributed by atoms with Gasteiger partial charge in [-0.15, -0.1) is 0 Å². The van der Waals surface area contributed by atoms with Crippen molar-refractivity contribution in [3.8, 4) is 0 Å². The van der Waals surface area contributed by atoms with E-state index < -0.39 is 142 Å². The third-order valence-corrected chi connectivity index (χ3v) is 18.9. The molecule has 0 aromatic carbocycles. The van der Waals surface area contributed by atoms with Gasteiger partial charge in [0.2, 0.25) is 0 Å². The summed E-state index contributed by atoms with van der Waals surface area (Å²) in [6, 6.07) is 0. The van der Waals surface area contributed by atoms with Crippen LogP contribution in [0.4, 0.5) is 0 Å². The van der Waals surface area contributed by atoms with Crippen molar-refractivity contribution >= 4 is 0 Å². The molecule has 0 amide bonds. The first-order chi connectivity index (χ1) is 31.4. The minimum Gasteiger partial charge on any atom is -0.396 e. The average molecular weight is 963 g/mol. The molecule has 7 fully saturated rings. The monoisotopic (exact) mass is 963 g/mol. The van der Waals surface area contributed by atoms with E-state index in [1.165, 1.54) is 0 Å². The highest BCUT2D eigenvalue weighted by atomic mass is 16.8. The fourth-order valence-corrected chi connectivity index (χ4v) is 14.9. The number of allylic oxidation sites excluding steroid dienone is 1. The SMILES string of the molecule is CC(C)=C[C@H](O)[C@H](O)[C@H](CO)[C@@H]1CC[C@]2(C)[C@H]3CC[C@H]4C(C)(C)[C@@H](O[C@H]5O[C@@H](CO)[C@H](O)[C@@H](O[C@@H]6O[C@H](CO)[C@@H](O)[C@H](O)[C@@H]6O)[C@@H]5O[C@@H]5O[C@H](CO)[C@@H](O)[C@H](O)[C@@H]5O)CC[C@@]4(C)[C@@H]3CC[C@@]12C. The van der Waals surface area contributed by atoms with Crippen LogP contribution in [0.1, 0.15) is 99.8 Å². The molecular weight excluding hydrogens is 881 g/mol. The van der Waals surface area contributed by atoms with Crippen LogP contribution in [0.15, 0.2) is 11.6 Å². The number of aliphatic hydroxyl groups excluding tert-OH is 13. The van der Waals surface area contributed by atoms with Crippen molar-refractivity contribution < 1.29 is 94.8 Å². The zero-order chi connectivity index (χ0) is 49.3. The van der Waals surface area contributed by atoms with Crippen LogP contribution in [0.25, 0.3) is 0 Å². The van der Waals surface area contributed by atoms with E-state index in [1.807, 2.05) is 13.8 Å². The summed E-state index contributed by atoms with van der Waals surface area (Å²) in [6.07, 6.45) is -19.4. The lowest BCUT2D eigenvalue weighted by atomic mass is 9.38. The van der Waals surface area contributed by atoms with E-state index in [4.69, 9.17) is 28.4 Å². The first-order valence-electron chi connectivity index (χ1n) is 24.6. The van der Waals surface area contributed by atoms with Crippen molar-refractivity contribution in [3.63, 3.8) is 0 Å². The molecule has 3 aliphatic heterocycles. The summed E-state index contributed by atoms with van der Waals surface area (Å²) in [5, 5.41) is 140. The Kier molecular flexibility index (Phi) is 16.4. The van der Waals surface area contributed by atoms with Gasteiger partial charge >= 0.3 is 0 Å². The predicted octanol–water partition coefficient (Wildman–Crippen LogP) is -1.20. The van der Waals surface area contributed by atoms with Crippen LogP contribution in [-0.2, 0) is 28.4 Å². The Morgan fingerprint density at radius 2 is 1.09 bits per heavy atom. The van der Waals surface area contributed by atoms with Crippen molar-refractivity contribution in [3.05, 3.63) is 11.6 Å². The van der Waals surface area contributed by atoms with Crippen molar-refractivity contribution in [2.45, 2.75) is 210 Å². The number of hydrogen-bond acceptors (Lipinski definition) is 19. The molecule has 26 atom stereocenters. The lowest BCUT2D eigenvalue weighted by Crippen LogP contribution is -2.68. The van der Waals surface area contributed by atoms with Gasteiger partial charge < -0.3 is 94.8 Å². The molecule has 3 heterocycles. The summed E-state index contributed by atoms with van der Waals surface area (Å²) in [6.45, 7) is 12.7. The molecular formula is C48H82O19. The van der Waals surface area contributed by atoms with E-state index in [2.05, 4.69) is 34.6 Å². The van der Waals surface area contributed by atoms with Crippen LogP contribution in [0.2, 0.25) is 0 Å². The first-order valence-corrected chi connectivity index (χ1v) is 24.6. The Morgan fingerprint density at radius 1 is 0.567 bits per heavy atom. The summed E-state index contributed by atoms with van der Waals surface area (Å²) in [5.41, 5.74) is -0.0161. The second-order valence-electron chi connectivity index (χ2n) is 22.7. The fraction of sp³-hybridized carbons (Fsp3) is 0.958. The van der Waals surface area contributed by atoms with E-state index in [0.717, 1.165) is 50.5 Å². The van der Waals surface area contributed by atoms with E-state index in [-0.39, 0.29) is 34.7 Å². The van der Waals surface area contributed by atoms with Gasteiger partial charge in [0.05, 0.1) is 38.1 Å². The van der Waals surface area contributed by atoms with Gasteiger partial charge in [0.15, 0.2) is 18.9 Å². The molecule has 0 bridgehead atoms. The molecule has 0 aromatic rings. The quantitative estimate of drug-likeness (QED) is 0.0719. The second kappa shape index (κ2) is 20.5. The van der Waals surface area contributed by atoms with Gasteiger partial charge in [0.25, 0.3) is 0 Å². The summed E-state index contributed by atoms with van der Waals surface area (Å²) in [4.78, 5) is 0. The van der Waals surface area contributed by atoms with E-state index in [1.54, 1.807) is 6.08 Å². The summed E-state index contributed by atoms with van der Waals surface area (Å²) in [7, 11) is 0. The smallest absolute Gasteiger partial charge is 0.187 e. The summed E-state index contributed by atoms with van der Waals surface area (Å²) in [5.74, 6) is 0.417. The maximum atomic E-state index is 11.7. The van der Waals surface area contributed by atoms with Crippen molar-refractivity contribution in [1.29, 1.82) is 0 Å². The zero-order valence-electron chi connectivity index (χ0n) is 40.1. The third-order valence-electron chi connectivity index (χ3n) is 18.9. The maximum Gasteiger partial charge on any atom is 0.187 e. The maximum absolute atomic E-state index is 11.7. The highest BCUT2D eigenvalue weighted by Gasteiger charge is 2.69. The highest BCUT2D eigenvalue weighted by molar-refractivity contribution is 5.18. The van der Waals surface area contributed by atoms with Crippen LogP contribution in [0.3, 0.4) is 0 Å². The van der Waals surface area contributed by atoms with Crippen LogP contribution in [-0.4, -0.2) is 203 Å². The fourth-order valence-electron chi connectivity index (χ4n) is 14.9. The Labute approximate surface area is 393 Å². The molecule has 67 heavy (non-hydrogen) atoms. The summed E-state index contributed by atoms with van der Waals surface area (Å²) >= 11 is 0. The molecule has 0 radical (unpaired) electrons. The first kappa shape index (κ1) is 53.8. The number of rotatable bonds is 14. The Bertz CT molecular complexity index is 1680. The van der Waals surface area contributed by atoms with Gasteiger partial charge in [-0.1, -0.05) is 46.3 Å². The van der Waals surface area contributed by atoms with E-state index in [9.17, 15) is 66.4 Å². The van der Waals surface area contributed by atoms with Gasteiger partial charge in [-0.2, -0.15) is 0 Å². The van der Waals surface area contributed by atoms with Gasteiger partial charge in [-0.05, 0) is 111 Å². The lowest BCUT2D eigenvalue weighted by molar-refractivity contribution is -0.399. The van der Waals surface area contributed by atoms with Crippen LogP contribution >= 0.6 is 0 Å². The number of hydrogen-bond donors (Lipinski definition) is 13. The molecule has 7 rings (SSSR count). The number of aliphatic hydroxyl groups is 13. The average Bonchev–Trinajstić information content (AvgIpc) is 3.56. The molecule has 4 saturated carbocycles. The molecule has 19 heteroatoms. The molecule has 0 aromatic heterocycles. The number of ether oxygens (including phenoxy) is 6. The van der Waals surface area contributed by atoms with Crippen molar-refractivity contribution in [2.24, 2.45) is 51.2 Å². The predicted molar refractivity (Wildman–Crippen MR) is 235 cm³/mol. The van der Waals surface area contributed by atoms with Gasteiger partial charge in [-0.3, -0.25) is 0 Å². The molecule has 3 saturated heterocycles. The van der Waals surface area contributed by atoms with E-state index in [0.29, 0.717) is 18.3 Å². The number of fused-ring (bicyclic) bond motifs is 5. The molecule has 0 spiro atoms. The lowest BCUT2D eigenvalue weighted by Gasteiger charge is -2.68. The molecule has 388 valence electrons. The topological polar surface area (TPSA) is 318 Å². The zero-order valence-corrected chi connectivity index (χ0v) is 40.1. The largest absolute Gasteiger partial charge is 0.396 e. The molecule has 7 aliphatic rings. The highest BCUT2D eigenvalue weighted by Crippen LogP contribution is 2.75. The van der Waals surface area contributed by atoms with Crippen molar-refractivity contribution in [1.82, 2.24) is 0 Å². The Hall–Kier alpha value is -1.02. The normalized spacial score (nSPS) is 51.2. The minimum atomic E-state index is -1.91. The second-order valence-corrected chi connectivity index (χ2v) is 22.7. The molecule has 4 aliphatic carbocycles. The standard InChI is InChI=1S/C48H82O19/c1-21(2)16-26(53)32(54)22(17-49)23-10-14-48(7)25-8-9-30-45(3,4)31(12-13-46(30,5)24(25)11-15-47(23,48)6)65-44-41(67-43-39(61)37(59)34(56)28(19-51)63-43)40(35(57)29(20-52)64-44)66-42-38(60)36(58)33(55)27(18-50)62-42/h16,22-44,49-61H,8-15,17-20H2,1-7H3/t22-,23+,24-,25+,26+,27-,28-,29+,30+,31+,32-,33-,34-,35+,36+,37+,38+,39+,40-,41+,42+,43+,44-,46+,47+,48-/m1/s1. The Balaban J connectivity index is 1.15. The van der Waals surface area contributed by atoms with Crippen LogP contribution in [0.5, 0.6) is 0 Å². The van der Waals surface area contributed by atoms with Crippen LogP contribution < -0.4 is 0 Å².